The third kappa shape index (κ3) is 5.29. The van der Waals surface area contributed by atoms with Crippen molar-refractivity contribution >= 4 is 34.9 Å². The molecule has 1 N–H and O–H groups in total. The second-order valence-corrected chi connectivity index (χ2v) is 7.91. The molecule has 0 aliphatic carbocycles. The van der Waals surface area contributed by atoms with Gasteiger partial charge in [-0.3, -0.25) is 19.7 Å². The van der Waals surface area contributed by atoms with Crippen LogP contribution in [0.2, 0.25) is 0 Å². The van der Waals surface area contributed by atoms with E-state index in [0.29, 0.717) is 25.1 Å². The fourth-order valence-corrected chi connectivity index (χ4v) is 4.19. The maximum atomic E-state index is 13.0. The van der Waals surface area contributed by atoms with Gasteiger partial charge in [-0.05, 0) is 53.6 Å². The molecule has 8 heteroatoms. The summed E-state index contributed by atoms with van der Waals surface area (Å²) in [5.41, 5.74) is 1.86. The summed E-state index contributed by atoms with van der Waals surface area (Å²) in [4.78, 5) is 38.7. The van der Waals surface area contributed by atoms with Crippen LogP contribution in [0.15, 0.2) is 41.8 Å². The second kappa shape index (κ2) is 9.47. The third-order valence-electron chi connectivity index (χ3n) is 4.84. The molecule has 152 valence electrons. The van der Waals surface area contributed by atoms with Crippen LogP contribution < -0.4 is 5.32 Å². The lowest BCUT2D eigenvalue weighted by molar-refractivity contribution is -0.384. The average Bonchev–Trinajstić information content (AvgIpc) is 3.19. The van der Waals surface area contributed by atoms with Crippen molar-refractivity contribution in [3.8, 4) is 0 Å². The highest BCUT2D eigenvalue weighted by Gasteiger charge is 2.28. The van der Waals surface area contributed by atoms with Crippen LogP contribution in [0.25, 0.3) is 6.08 Å². The number of nitro groups is 1. The zero-order valence-electron chi connectivity index (χ0n) is 16.2. The van der Waals surface area contributed by atoms with Gasteiger partial charge in [0.1, 0.15) is 6.04 Å². The van der Waals surface area contributed by atoms with Crippen LogP contribution in [0.1, 0.15) is 35.8 Å². The van der Waals surface area contributed by atoms with Crippen molar-refractivity contribution in [2.24, 2.45) is 0 Å². The smallest absolute Gasteiger partial charge is 0.269 e. The van der Waals surface area contributed by atoms with Gasteiger partial charge in [0, 0.05) is 36.2 Å². The molecule has 1 aliphatic rings. The lowest BCUT2D eigenvalue weighted by Crippen LogP contribution is -2.49. The Kier molecular flexibility index (Phi) is 6.77. The maximum absolute atomic E-state index is 13.0. The molecule has 1 aliphatic heterocycles. The summed E-state index contributed by atoms with van der Waals surface area (Å²) in [5.74, 6) is -0.413. The van der Waals surface area contributed by atoms with Gasteiger partial charge < -0.3 is 10.2 Å². The lowest BCUT2D eigenvalue weighted by atomic mass is 10.1. The van der Waals surface area contributed by atoms with E-state index in [1.165, 1.54) is 28.6 Å². The van der Waals surface area contributed by atoms with E-state index in [0.717, 1.165) is 12.8 Å². The molecule has 0 bridgehead atoms. The number of nitro benzene ring substituents is 1. The van der Waals surface area contributed by atoms with E-state index < -0.39 is 11.0 Å². The molecule has 0 spiro atoms. The fraction of sp³-hybridized carbons (Fsp3) is 0.333. The van der Waals surface area contributed by atoms with Crippen LogP contribution in [0, 0.1) is 10.1 Å². The van der Waals surface area contributed by atoms with Crippen molar-refractivity contribution in [1.82, 2.24) is 10.2 Å². The molecule has 0 saturated carbocycles. The van der Waals surface area contributed by atoms with Crippen molar-refractivity contribution in [3.05, 3.63) is 67.9 Å². The Hall–Kier alpha value is -3.00. The first-order valence-corrected chi connectivity index (χ1v) is 10.4. The van der Waals surface area contributed by atoms with Crippen molar-refractivity contribution < 1.29 is 14.5 Å². The number of carbonyl (C=O) groups excluding carboxylic acids is 2. The summed E-state index contributed by atoms with van der Waals surface area (Å²) in [6.07, 6.45) is 5.13. The summed E-state index contributed by atoms with van der Waals surface area (Å²) in [6, 6.07) is 7.41. The number of nitrogens with zero attached hydrogens (tertiary/aromatic N) is 2. The monoisotopic (exact) mass is 413 g/mol. The van der Waals surface area contributed by atoms with E-state index in [1.807, 2.05) is 17.2 Å². The summed E-state index contributed by atoms with van der Waals surface area (Å²) in [5, 5.41) is 15.6. The molecule has 0 radical (unpaired) electrons. The Morgan fingerprint density at radius 1 is 1.31 bits per heavy atom. The molecule has 2 amide bonds. The Morgan fingerprint density at radius 2 is 2.07 bits per heavy atom. The minimum atomic E-state index is -0.561. The van der Waals surface area contributed by atoms with Crippen molar-refractivity contribution in [2.45, 2.75) is 38.8 Å². The highest BCUT2D eigenvalue weighted by atomic mass is 32.1. The van der Waals surface area contributed by atoms with Crippen LogP contribution >= 0.6 is 11.3 Å². The summed E-state index contributed by atoms with van der Waals surface area (Å²) >= 11 is 1.72. The molecule has 29 heavy (non-hydrogen) atoms. The fourth-order valence-electron chi connectivity index (χ4n) is 3.30. The number of fused-ring (bicyclic) bond motifs is 1. The van der Waals surface area contributed by atoms with E-state index in [2.05, 4.69) is 11.4 Å². The molecule has 2 aromatic rings. The van der Waals surface area contributed by atoms with E-state index in [4.69, 9.17) is 0 Å². The van der Waals surface area contributed by atoms with Gasteiger partial charge in [-0.25, -0.2) is 0 Å². The molecular formula is C21H23N3O4S. The van der Waals surface area contributed by atoms with E-state index in [-0.39, 0.29) is 17.5 Å². The minimum absolute atomic E-state index is 0.00415. The lowest BCUT2D eigenvalue weighted by Gasteiger charge is -2.30. The highest BCUT2D eigenvalue weighted by Crippen LogP contribution is 2.24. The molecule has 2 heterocycles. The van der Waals surface area contributed by atoms with Gasteiger partial charge in [-0.1, -0.05) is 13.3 Å². The van der Waals surface area contributed by atoms with Gasteiger partial charge >= 0.3 is 0 Å². The Labute approximate surface area is 173 Å². The van der Waals surface area contributed by atoms with Crippen molar-refractivity contribution in [2.75, 3.05) is 6.54 Å². The van der Waals surface area contributed by atoms with Crippen LogP contribution in [0.5, 0.6) is 0 Å². The first-order chi connectivity index (χ1) is 14.0. The Morgan fingerprint density at radius 3 is 2.76 bits per heavy atom. The number of non-ortho nitro benzene ring substituents is 1. The number of hydrogen-bond acceptors (Lipinski definition) is 5. The number of carbonyl (C=O) groups is 2. The van der Waals surface area contributed by atoms with Gasteiger partial charge in [0.2, 0.25) is 11.8 Å². The average molecular weight is 413 g/mol. The maximum Gasteiger partial charge on any atom is 0.269 e. The largest absolute Gasteiger partial charge is 0.341 e. The predicted octanol–water partition coefficient (Wildman–Crippen LogP) is 3.54. The standard InChI is InChI=1S/C21H23N3O4S/c1-2-3-18(21(26)23-12-10-19-16(14-23)11-13-29-19)22-20(25)9-6-15-4-7-17(8-5-15)24(27)28/h4-9,11,13,18H,2-3,10,12,14H2,1H3,(H,22,25)/b9-6+. The van der Waals surface area contributed by atoms with Gasteiger partial charge in [0.05, 0.1) is 4.92 Å². The van der Waals surface area contributed by atoms with Crippen molar-refractivity contribution in [3.63, 3.8) is 0 Å². The molecular weight excluding hydrogens is 390 g/mol. The van der Waals surface area contributed by atoms with Crippen LogP contribution in [0.4, 0.5) is 5.69 Å². The first kappa shape index (κ1) is 20.7. The number of rotatable bonds is 7. The normalized spacial score (nSPS) is 14.4. The van der Waals surface area contributed by atoms with Crippen LogP contribution in [-0.2, 0) is 22.6 Å². The highest BCUT2D eigenvalue weighted by molar-refractivity contribution is 7.10. The summed E-state index contributed by atoms with van der Waals surface area (Å²) in [7, 11) is 0. The van der Waals surface area contributed by atoms with Crippen LogP contribution in [0.3, 0.4) is 0 Å². The van der Waals surface area contributed by atoms with Gasteiger partial charge in [-0.15, -0.1) is 11.3 Å². The molecule has 1 aromatic heterocycles. The van der Waals surface area contributed by atoms with Gasteiger partial charge in [0.25, 0.3) is 5.69 Å². The molecule has 0 saturated heterocycles. The summed E-state index contributed by atoms with van der Waals surface area (Å²) < 4.78 is 0. The molecule has 7 nitrogen and oxygen atoms in total. The van der Waals surface area contributed by atoms with E-state index in [9.17, 15) is 19.7 Å². The minimum Gasteiger partial charge on any atom is -0.341 e. The van der Waals surface area contributed by atoms with Gasteiger partial charge in [0.15, 0.2) is 0 Å². The molecule has 1 aromatic carbocycles. The topological polar surface area (TPSA) is 92.5 Å². The van der Waals surface area contributed by atoms with E-state index in [1.54, 1.807) is 29.5 Å². The van der Waals surface area contributed by atoms with E-state index >= 15 is 0 Å². The number of nitrogens with one attached hydrogen (secondary N) is 1. The number of thiophene rings is 1. The molecule has 3 rings (SSSR count). The molecule has 1 unspecified atom stereocenters. The van der Waals surface area contributed by atoms with Gasteiger partial charge in [-0.2, -0.15) is 0 Å². The number of hydrogen-bond donors (Lipinski definition) is 1. The number of amides is 2. The van der Waals surface area contributed by atoms with Crippen LogP contribution in [-0.4, -0.2) is 34.2 Å². The first-order valence-electron chi connectivity index (χ1n) is 9.55. The quantitative estimate of drug-likeness (QED) is 0.427. The third-order valence-corrected chi connectivity index (χ3v) is 5.87. The molecule has 1 atom stereocenters. The summed E-state index contributed by atoms with van der Waals surface area (Å²) in [6.45, 7) is 3.24. The second-order valence-electron chi connectivity index (χ2n) is 6.91. The SMILES string of the molecule is CCCC(NC(=O)/C=C/c1ccc([N+](=O)[O-])cc1)C(=O)N1CCc2sccc2C1. The predicted molar refractivity (Wildman–Crippen MR) is 112 cm³/mol. The Balaban J connectivity index is 1.61. The number of benzene rings is 1. The Bertz CT molecular complexity index is 920. The molecule has 0 fully saturated rings. The van der Waals surface area contributed by atoms with Crippen molar-refractivity contribution in [1.29, 1.82) is 0 Å². The zero-order chi connectivity index (χ0) is 20.8. The zero-order valence-corrected chi connectivity index (χ0v) is 17.0.